The Morgan fingerprint density at radius 2 is 2.36 bits per heavy atom. The lowest BCUT2D eigenvalue weighted by Crippen LogP contribution is -2.38. The Kier molecular flexibility index (Phi) is 4.30. The van der Waals surface area contributed by atoms with E-state index in [4.69, 9.17) is 4.74 Å². The highest BCUT2D eigenvalue weighted by atomic mass is 32.1. The van der Waals surface area contributed by atoms with Crippen molar-refractivity contribution in [1.82, 2.24) is 19.5 Å². The fraction of sp³-hybridized carbons (Fsp3) is 0.471. The summed E-state index contributed by atoms with van der Waals surface area (Å²) in [5, 5.41) is 9.26. The minimum absolute atomic E-state index is 0.0755. The van der Waals surface area contributed by atoms with Crippen LogP contribution in [-0.4, -0.2) is 39.3 Å². The summed E-state index contributed by atoms with van der Waals surface area (Å²) < 4.78 is 9.71. The van der Waals surface area contributed by atoms with Crippen LogP contribution in [-0.2, 0) is 22.5 Å². The lowest BCUT2D eigenvalue weighted by atomic mass is 10.2. The maximum absolute atomic E-state index is 12.7. The number of hydrogen-bond acceptors (Lipinski definition) is 5. The Labute approximate surface area is 148 Å². The highest BCUT2D eigenvalue weighted by Crippen LogP contribution is 2.24. The van der Waals surface area contributed by atoms with E-state index in [2.05, 4.69) is 10.4 Å². The first-order valence-electron chi connectivity index (χ1n) is 8.54. The number of amides is 1. The van der Waals surface area contributed by atoms with Gasteiger partial charge in [-0.1, -0.05) is 6.92 Å². The van der Waals surface area contributed by atoms with Crippen LogP contribution in [0, 0.1) is 0 Å². The second-order valence-corrected chi connectivity index (χ2v) is 7.15. The van der Waals surface area contributed by atoms with Crippen molar-refractivity contribution in [2.45, 2.75) is 38.8 Å². The van der Waals surface area contributed by atoms with E-state index >= 15 is 0 Å². The molecular weight excluding hydrogens is 340 g/mol. The Bertz CT molecular complexity index is 981. The monoisotopic (exact) mass is 360 g/mol. The number of nitrogens with one attached hydrogen (secondary N) is 1. The molecule has 0 bridgehead atoms. The molecule has 25 heavy (non-hydrogen) atoms. The molecule has 1 amide bonds. The molecule has 0 saturated carbocycles. The van der Waals surface area contributed by atoms with Crippen molar-refractivity contribution >= 4 is 33.0 Å². The van der Waals surface area contributed by atoms with E-state index in [0.29, 0.717) is 18.5 Å². The average molecular weight is 360 g/mol. The summed E-state index contributed by atoms with van der Waals surface area (Å²) in [4.78, 5) is 24.9. The largest absolute Gasteiger partial charge is 0.376 e. The van der Waals surface area contributed by atoms with Gasteiger partial charge < -0.3 is 10.1 Å². The van der Waals surface area contributed by atoms with E-state index in [1.54, 1.807) is 11.3 Å². The maximum atomic E-state index is 12.7. The zero-order valence-corrected chi connectivity index (χ0v) is 14.8. The molecule has 4 rings (SSSR count). The number of hydrogen-bond donors (Lipinski definition) is 1. The smallest absolute Gasteiger partial charge is 0.291 e. The molecular formula is C17H20N4O3S. The summed E-state index contributed by atoms with van der Waals surface area (Å²) in [6, 6.07) is 3.87. The van der Waals surface area contributed by atoms with Crippen molar-refractivity contribution in [3.05, 3.63) is 33.7 Å². The number of aryl methyl sites for hydroxylation is 1. The summed E-state index contributed by atoms with van der Waals surface area (Å²) in [5.41, 5.74) is 1.32. The van der Waals surface area contributed by atoms with E-state index in [1.807, 2.05) is 28.8 Å². The Balaban J connectivity index is 1.61. The Morgan fingerprint density at radius 3 is 3.12 bits per heavy atom. The van der Waals surface area contributed by atoms with Crippen LogP contribution in [0.25, 0.3) is 15.7 Å². The number of fused-ring (bicyclic) bond motifs is 3. The van der Waals surface area contributed by atoms with Gasteiger partial charge in [-0.3, -0.25) is 14.0 Å². The molecule has 4 heterocycles. The number of rotatable bonds is 5. The molecule has 0 aliphatic carbocycles. The third-order valence-corrected chi connectivity index (χ3v) is 5.38. The van der Waals surface area contributed by atoms with Gasteiger partial charge in [0.2, 0.25) is 5.91 Å². The topological polar surface area (TPSA) is 77.6 Å². The van der Waals surface area contributed by atoms with Crippen LogP contribution < -0.4 is 10.9 Å². The van der Waals surface area contributed by atoms with Gasteiger partial charge in [0, 0.05) is 19.6 Å². The van der Waals surface area contributed by atoms with Crippen molar-refractivity contribution in [1.29, 1.82) is 0 Å². The molecule has 1 fully saturated rings. The molecule has 1 unspecified atom stereocenters. The Hall–Kier alpha value is -2.19. The Morgan fingerprint density at radius 1 is 1.48 bits per heavy atom. The number of nitrogens with zero attached hydrogens (tertiary/aromatic N) is 3. The van der Waals surface area contributed by atoms with Crippen molar-refractivity contribution in [3.8, 4) is 0 Å². The first kappa shape index (κ1) is 16.3. The quantitative estimate of drug-likeness (QED) is 0.749. The molecule has 0 spiro atoms. The summed E-state index contributed by atoms with van der Waals surface area (Å²) in [6.45, 7) is 3.15. The normalized spacial score (nSPS) is 17.6. The van der Waals surface area contributed by atoms with E-state index in [-0.39, 0.29) is 24.1 Å². The molecule has 7 nitrogen and oxygen atoms in total. The number of carbonyl (C=O) groups excluding carboxylic acids is 1. The second kappa shape index (κ2) is 6.61. The predicted molar refractivity (Wildman–Crippen MR) is 96.2 cm³/mol. The van der Waals surface area contributed by atoms with Crippen molar-refractivity contribution in [2.75, 3.05) is 13.2 Å². The first-order valence-corrected chi connectivity index (χ1v) is 9.42. The van der Waals surface area contributed by atoms with Gasteiger partial charge >= 0.3 is 0 Å². The van der Waals surface area contributed by atoms with E-state index in [0.717, 1.165) is 35.5 Å². The number of aromatic nitrogens is 3. The summed E-state index contributed by atoms with van der Waals surface area (Å²) in [6.07, 6.45) is 2.75. The molecule has 1 atom stereocenters. The van der Waals surface area contributed by atoms with Gasteiger partial charge in [-0.05, 0) is 30.4 Å². The molecule has 0 aromatic carbocycles. The van der Waals surface area contributed by atoms with Crippen molar-refractivity contribution < 1.29 is 9.53 Å². The van der Waals surface area contributed by atoms with Gasteiger partial charge in [-0.25, -0.2) is 4.68 Å². The van der Waals surface area contributed by atoms with Gasteiger partial charge in [-0.15, -0.1) is 11.3 Å². The summed E-state index contributed by atoms with van der Waals surface area (Å²) in [7, 11) is 0. The minimum Gasteiger partial charge on any atom is -0.376 e. The molecule has 3 aromatic rings. The molecule has 1 aliphatic heterocycles. The van der Waals surface area contributed by atoms with E-state index in [9.17, 15) is 9.59 Å². The van der Waals surface area contributed by atoms with Crippen molar-refractivity contribution in [2.24, 2.45) is 0 Å². The van der Waals surface area contributed by atoms with E-state index in [1.165, 1.54) is 4.68 Å². The summed E-state index contributed by atoms with van der Waals surface area (Å²) >= 11 is 1.59. The predicted octanol–water partition coefficient (Wildman–Crippen LogP) is 1.57. The second-order valence-electron chi connectivity index (χ2n) is 6.21. The van der Waals surface area contributed by atoms with Crippen LogP contribution in [0.15, 0.2) is 22.3 Å². The van der Waals surface area contributed by atoms with Gasteiger partial charge in [0.15, 0.2) is 0 Å². The van der Waals surface area contributed by atoms with Crippen LogP contribution >= 0.6 is 11.3 Å². The van der Waals surface area contributed by atoms with Gasteiger partial charge in [-0.2, -0.15) is 5.10 Å². The summed E-state index contributed by atoms with van der Waals surface area (Å²) in [5.74, 6) is 0.555. The highest BCUT2D eigenvalue weighted by molar-refractivity contribution is 7.17. The number of thiophene rings is 1. The maximum Gasteiger partial charge on any atom is 0.291 e. The van der Waals surface area contributed by atoms with Gasteiger partial charge in [0.25, 0.3) is 5.56 Å². The lowest BCUT2D eigenvalue weighted by Gasteiger charge is -2.12. The highest BCUT2D eigenvalue weighted by Gasteiger charge is 2.18. The molecule has 3 aromatic heterocycles. The number of carbonyl (C=O) groups is 1. The fourth-order valence-electron chi connectivity index (χ4n) is 3.28. The van der Waals surface area contributed by atoms with Gasteiger partial charge in [0.1, 0.15) is 17.9 Å². The zero-order valence-electron chi connectivity index (χ0n) is 14.0. The number of ether oxygens (including phenoxy) is 1. The van der Waals surface area contributed by atoms with Crippen LogP contribution in [0.5, 0.6) is 0 Å². The molecule has 132 valence electrons. The average Bonchev–Trinajstić information content (AvgIpc) is 3.32. The lowest BCUT2D eigenvalue weighted by molar-refractivity contribution is -0.122. The third-order valence-electron chi connectivity index (χ3n) is 4.53. The zero-order chi connectivity index (χ0) is 17.4. The first-order chi connectivity index (χ1) is 12.2. The van der Waals surface area contributed by atoms with Crippen molar-refractivity contribution in [3.63, 3.8) is 0 Å². The molecule has 8 heteroatoms. The van der Waals surface area contributed by atoms with Crippen LogP contribution in [0.4, 0.5) is 0 Å². The van der Waals surface area contributed by atoms with Crippen LogP contribution in [0.1, 0.15) is 25.6 Å². The molecule has 1 saturated heterocycles. The third kappa shape index (κ3) is 2.96. The standard InChI is InChI=1S/C17H20N4O3S/c1-2-15-19-20(10-16(22)18-9-11-4-3-6-24-11)17(23)13-8-14-12(21(13)15)5-7-25-14/h5,7-8,11H,2-4,6,9-10H2,1H3,(H,18,22). The molecule has 0 radical (unpaired) electrons. The SMILES string of the molecule is CCc1nn(CC(=O)NCC2CCCO2)c(=O)c2cc3sccc3n12. The van der Waals surface area contributed by atoms with Crippen LogP contribution in [0.2, 0.25) is 0 Å². The van der Waals surface area contributed by atoms with E-state index < -0.39 is 0 Å². The fourth-order valence-corrected chi connectivity index (χ4v) is 4.09. The minimum atomic E-state index is -0.243. The molecule has 1 aliphatic rings. The van der Waals surface area contributed by atoms with Gasteiger partial charge in [0.05, 0.1) is 16.3 Å². The van der Waals surface area contributed by atoms with Crippen LogP contribution in [0.3, 0.4) is 0 Å². The molecule has 1 N–H and O–H groups in total.